The summed E-state index contributed by atoms with van der Waals surface area (Å²) in [7, 11) is 0. The summed E-state index contributed by atoms with van der Waals surface area (Å²) in [6.07, 6.45) is 3.70. The van der Waals surface area contributed by atoms with Gasteiger partial charge < -0.3 is 9.64 Å². The number of hydrogen-bond acceptors (Lipinski definition) is 2. The Kier molecular flexibility index (Phi) is 5.80. The number of hydrogen-bond donors (Lipinski definition) is 0. The average molecular weight is 302 g/mol. The number of nitrogens with zero attached hydrogens (tertiary/aromatic N) is 1. The van der Waals surface area contributed by atoms with Crippen molar-refractivity contribution >= 4 is 28.9 Å². The Balaban J connectivity index is 2.10. The zero-order valence-electron chi connectivity index (χ0n) is 11.4. The Hall–Kier alpha value is -0.440. The summed E-state index contributed by atoms with van der Waals surface area (Å²) in [5, 5.41) is 0.754. The van der Waals surface area contributed by atoms with Crippen LogP contribution in [0.5, 0.6) is 0 Å². The molecule has 19 heavy (non-hydrogen) atoms. The van der Waals surface area contributed by atoms with E-state index in [1.807, 2.05) is 12.1 Å². The zero-order chi connectivity index (χ0) is 13.7. The molecule has 2 nitrogen and oxygen atoms in total. The highest BCUT2D eigenvalue weighted by Crippen LogP contribution is 2.31. The van der Waals surface area contributed by atoms with Crippen molar-refractivity contribution in [2.45, 2.75) is 38.2 Å². The molecule has 1 aromatic carbocycles. The molecule has 0 aromatic heterocycles. The second-order valence-electron chi connectivity index (χ2n) is 4.95. The number of rotatable bonds is 5. The number of piperidine rings is 1. The van der Waals surface area contributed by atoms with Crippen molar-refractivity contribution in [2.24, 2.45) is 0 Å². The first kappa shape index (κ1) is 15.0. The smallest absolute Gasteiger partial charge is 0.0750 e. The van der Waals surface area contributed by atoms with Gasteiger partial charge in [-0.15, -0.1) is 11.6 Å². The molecule has 1 atom stereocenters. The van der Waals surface area contributed by atoms with E-state index in [0.29, 0.717) is 12.0 Å². The minimum atomic E-state index is 0.329. The summed E-state index contributed by atoms with van der Waals surface area (Å²) in [6.45, 7) is 4.97. The Morgan fingerprint density at radius 2 is 2.26 bits per heavy atom. The molecule has 0 spiro atoms. The maximum Gasteiger partial charge on any atom is 0.0750 e. The fraction of sp³-hybridized carbons (Fsp3) is 0.600. The lowest BCUT2D eigenvalue weighted by Crippen LogP contribution is -2.40. The van der Waals surface area contributed by atoms with Crippen molar-refractivity contribution in [2.75, 3.05) is 24.6 Å². The predicted octanol–water partition coefficient (Wildman–Crippen LogP) is 4.47. The third-order valence-corrected chi connectivity index (χ3v) is 4.13. The van der Waals surface area contributed by atoms with Gasteiger partial charge in [-0.2, -0.15) is 0 Å². The molecule has 1 aliphatic rings. The highest BCUT2D eigenvalue weighted by Gasteiger charge is 2.22. The van der Waals surface area contributed by atoms with Gasteiger partial charge in [-0.1, -0.05) is 24.6 Å². The van der Waals surface area contributed by atoms with Crippen LogP contribution in [0.15, 0.2) is 18.2 Å². The predicted molar refractivity (Wildman–Crippen MR) is 82.5 cm³/mol. The second-order valence-corrected chi connectivity index (χ2v) is 5.63. The molecule has 0 aliphatic carbocycles. The molecular formula is C15H21Cl2NO. The van der Waals surface area contributed by atoms with Crippen LogP contribution in [0.25, 0.3) is 0 Å². The molecule has 1 aromatic rings. The van der Waals surface area contributed by atoms with Gasteiger partial charge in [0.1, 0.15) is 0 Å². The van der Waals surface area contributed by atoms with Crippen molar-refractivity contribution in [3.63, 3.8) is 0 Å². The molecule has 1 unspecified atom stereocenters. The number of benzene rings is 1. The van der Waals surface area contributed by atoms with E-state index in [1.165, 1.54) is 0 Å². The topological polar surface area (TPSA) is 12.5 Å². The summed E-state index contributed by atoms with van der Waals surface area (Å²) < 4.78 is 5.88. The van der Waals surface area contributed by atoms with E-state index in [1.54, 1.807) is 0 Å². The minimum Gasteiger partial charge on any atom is -0.376 e. The number of ether oxygens (including phenoxy) is 1. The van der Waals surface area contributed by atoms with Gasteiger partial charge in [0, 0.05) is 36.0 Å². The number of alkyl halides is 1. The average Bonchev–Trinajstić information content (AvgIpc) is 2.45. The van der Waals surface area contributed by atoms with E-state index in [9.17, 15) is 0 Å². The molecule has 106 valence electrons. The van der Waals surface area contributed by atoms with Crippen molar-refractivity contribution < 1.29 is 4.74 Å². The molecule has 2 rings (SSSR count). The monoisotopic (exact) mass is 301 g/mol. The van der Waals surface area contributed by atoms with Gasteiger partial charge in [-0.3, -0.25) is 0 Å². The van der Waals surface area contributed by atoms with Gasteiger partial charge in [0.25, 0.3) is 0 Å². The minimum absolute atomic E-state index is 0.329. The quantitative estimate of drug-likeness (QED) is 0.744. The number of anilines is 1. The molecule has 0 saturated carbocycles. The van der Waals surface area contributed by atoms with Gasteiger partial charge in [0.2, 0.25) is 0 Å². The summed E-state index contributed by atoms with van der Waals surface area (Å²) >= 11 is 12.3. The number of halogens is 2. The fourth-order valence-corrected chi connectivity index (χ4v) is 3.14. The third-order valence-electron chi connectivity index (χ3n) is 3.50. The summed E-state index contributed by atoms with van der Waals surface area (Å²) in [5.74, 6) is 0.450. The molecular weight excluding hydrogens is 281 g/mol. The van der Waals surface area contributed by atoms with Crippen LogP contribution in [-0.2, 0) is 10.6 Å². The van der Waals surface area contributed by atoms with Crippen LogP contribution in [0.2, 0.25) is 5.02 Å². The van der Waals surface area contributed by atoms with Gasteiger partial charge in [-0.05, 0) is 31.4 Å². The van der Waals surface area contributed by atoms with Crippen molar-refractivity contribution in [1.82, 2.24) is 0 Å². The van der Waals surface area contributed by atoms with Crippen LogP contribution in [0.4, 0.5) is 5.69 Å². The van der Waals surface area contributed by atoms with E-state index < -0.39 is 0 Å². The molecule has 1 saturated heterocycles. The zero-order valence-corrected chi connectivity index (χ0v) is 12.9. The van der Waals surface area contributed by atoms with E-state index in [0.717, 1.165) is 55.2 Å². The van der Waals surface area contributed by atoms with Crippen LogP contribution < -0.4 is 4.90 Å². The highest BCUT2D eigenvalue weighted by atomic mass is 35.5. The molecule has 4 heteroatoms. The molecule has 1 aliphatic heterocycles. The summed E-state index contributed by atoms with van der Waals surface area (Å²) in [5.41, 5.74) is 2.19. The molecule has 0 radical (unpaired) electrons. The Bertz CT molecular complexity index is 411. The Labute approximate surface area is 125 Å². The van der Waals surface area contributed by atoms with Crippen LogP contribution in [-0.4, -0.2) is 25.8 Å². The normalized spacial score (nSPS) is 19.7. The Morgan fingerprint density at radius 3 is 3.00 bits per heavy atom. The maximum absolute atomic E-state index is 6.23. The molecule has 0 N–H and O–H groups in total. The first-order valence-electron chi connectivity index (χ1n) is 6.96. The lowest BCUT2D eigenvalue weighted by atomic mass is 10.1. The molecule has 1 heterocycles. The maximum atomic E-state index is 6.23. The summed E-state index contributed by atoms with van der Waals surface area (Å²) in [4.78, 5) is 2.35. The fourth-order valence-electron chi connectivity index (χ4n) is 2.55. The lowest BCUT2D eigenvalue weighted by molar-refractivity contribution is 0.0440. The van der Waals surface area contributed by atoms with E-state index in [-0.39, 0.29) is 0 Å². The van der Waals surface area contributed by atoms with Crippen molar-refractivity contribution in [3.05, 3.63) is 28.8 Å². The molecule has 0 bridgehead atoms. The second kappa shape index (κ2) is 7.37. The molecule has 1 fully saturated rings. The standard InChI is InChI=1S/C15H21Cl2NO/c1-2-9-19-12-5-4-8-18(11-12)15-7-3-6-14(17)13(15)10-16/h3,6-7,12H,2,4-5,8-11H2,1H3. The van der Waals surface area contributed by atoms with E-state index in [4.69, 9.17) is 27.9 Å². The van der Waals surface area contributed by atoms with Gasteiger partial charge in [0.05, 0.1) is 12.0 Å². The van der Waals surface area contributed by atoms with E-state index in [2.05, 4.69) is 17.9 Å². The van der Waals surface area contributed by atoms with Gasteiger partial charge in [0.15, 0.2) is 0 Å². The van der Waals surface area contributed by atoms with Crippen LogP contribution in [0, 0.1) is 0 Å². The molecule has 0 amide bonds. The van der Waals surface area contributed by atoms with Crippen LogP contribution in [0.3, 0.4) is 0 Å². The summed E-state index contributed by atoms with van der Waals surface area (Å²) in [6, 6.07) is 5.99. The van der Waals surface area contributed by atoms with Gasteiger partial charge in [-0.25, -0.2) is 0 Å². The first-order chi connectivity index (χ1) is 9.26. The lowest BCUT2D eigenvalue weighted by Gasteiger charge is -2.35. The highest BCUT2D eigenvalue weighted by molar-refractivity contribution is 6.32. The first-order valence-corrected chi connectivity index (χ1v) is 7.87. The van der Waals surface area contributed by atoms with Crippen molar-refractivity contribution in [1.29, 1.82) is 0 Å². The Morgan fingerprint density at radius 1 is 1.42 bits per heavy atom. The van der Waals surface area contributed by atoms with Gasteiger partial charge >= 0.3 is 0 Å². The van der Waals surface area contributed by atoms with Crippen LogP contribution in [0.1, 0.15) is 31.7 Å². The van der Waals surface area contributed by atoms with E-state index >= 15 is 0 Å². The SMILES string of the molecule is CCCOC1CCCN(c2cccc(Cl)c2CCl)C1. The largest absolute Gasteiger partial charge is 0.376 e. The van der Waals surface area contributed by atoms with Crippen molar-refractivity contribution in [3.8, 4) is 0 Å². The third kappa shape index (κ3) is 3.77. The van der Waals surface area contributed by atoms with Crippen LogP contribution >= 0.6 is 23.2 Å².